The number of aliphatic carboxylic acids is 1. The van der Waals surface area contributed by atoms with Crippen LogP contribution in [0.5, 0.6) is 5.75 Å². The molecule has 2 aromatic rings. The van der Waals surface area contributed by atoms with Gasteiger partial charge < -0.3 is 14.3 Å². The summed E-state index contributed by atoms with van der Waals surface area (Å²) in [5.41, 5.74) is 0.290. The molecule has 0 saturated carbocycles. The number of furan rings is 1. The summed E-state index contributed by atoms with van der Waals surface area (Å²) >= 11 is 0. The van der Waals surface area contributed by atoms with Gasteiger partial charge in [0.25, 0.3) is 0 Å². The maximum absolute atomic E-state index is 12.3. The van der Waals surface area contributed by atoms with Crippen LogP contribution in [0.2, 0.25) is 0 Å². The number of carboxylic acid groups (broad SMARTS) is 1. The van der Waals surface area contributed by atoms with Gasteiger partial charge in [-0.1, -0.05) is 12.1 Å². The summed E-state index contributed by atoms with van der Waals surface area (Å²) in [6.07, 6.45) is 0.484. The molecule has 3 rings (SSSR count). The molecule has 0 spiro atoms. The molecule has 1 N–H and O–H groups in total. The number of rotatable bonds is 2. The largest absolute Gasteiger partial charge is 0.481 e. The predicted octanol–water partition coefficient (Wildman–Crippen LogP) is 2.30. The lowest BCUT2D eigenvalue weighted by atomic mass is 9.88. The van der Waals surface area contributed by atoms with E-state index in [0.29, 0.717) is 11.5 Å². The van der Waals surface area contributed by atoms with Crippen molar-refractivity contribution in [1.82, 2.24) is 0 Å². The Kier molecular flexibility index (Phi) is 2.59. The minimum Gasteiger partial charge on any atom is -0.481 e. The topological polar surface area (TPSA) is 76.7 Å². The van der Waals surface area contributed by atoms with Gasteiger partial charge in [-0.05, 0) is 24.3 Å². The van der Waals surface area contributed by atoms with Gasteiger partial charge in [-0.2, -0.15) is 0 Å². The number of carbonyl (C=O) groups excluding carboxylic acids is 1. The zero-order valence-electron chi connectivity index (χ0n) is 9.78. The summed E-state index contributed by atoms with van der Waals surface area (Å²) in [6, 6.07) is 9.83. The van der Waals surface area contributed by atoms with Gasteiger partial charge in [0.1, 0.15) is 11.5 Å². The standard InChI is InChI=1S/C14H10O5/c15-12-8-4-1-2-5-9(8)19-13(11(12)14(16)17)10-6-3-7-18-10/h1-7,11,13H,(H,16,17). The molecule has 1 aromatic carbocycles. The van der Waals surface area contributed by atoms with Crippen molar-refractivity contribution in [3.8, 4) is 5.75 Å². The monoisotopic (exact) mass is 258 g/mol. The minimum absolute atomic E-state index is 0.290. The number of hydrogen-bond acceptors (Lipinski definition) is 4. The zero-order valence-corrected chi connectivity index (χ0v) is 9.78. The molecule has 0 amide bonds. The van der Waals surface area contributed by atoms with Crippen LogP contribution in [-0.2, 0) is 4.79 Å². The van der Waals surface area contributed by atoms with Crippen molar-refractivity contribution < 1.29 is 23.8 Å². The van der Waals surface area contributed by atoms with Crippen molar-refractivity contribution in [2.75, 3.05) is 0 Å². The van der Waals surface area contributed by atoms with Crippen LogP contribution in [0, 0.1) is 5.92 Å². The fourth-order valence-corrected chi connectivity index (χ4v) is 2.20. The van der Waals surface area contributed by atoms with Crippen molar-refractivity contribution in [3.05, 3.63) is 54.0 Å². The van der Waals surface area contributed by atoms with Crippen molar-refractivity contribution in [2.45, 2.75) is 6.10 Å². The number of ether oxygens (including phenoxy) is 1. The van der Waals surface area contributed by atoms with Crippen LogP contribution in [0.1, 0.15) is 22.2 Å². The van der Waals surface area contributed by atoms with E-state index in [1.54, 1.807) is 36.4 Å². The molecule has 19 heavy (non-hydrogen) atoms. The van der Waals surface area contributed by atoms with E-state index < -0.39 is 23.8 Å². The van der Waals surface area contributed by atoms with Crippen LogP contribution < -0.4 is 4.74 Å². The molecule has 0 bridgehead atoms. The summed E-state index contributed by atoms with van der Waals surface area (Å²) in [7, 11) is 0. The Morgan fingerprint density at radius 3 is 2.63 bits per heavy atom. The van der Waals surface area contributed by atoms with Crippen molar-refractivity contribution in [3.63, 3.8) is 0 Å². The lowest BCUT2D eigenvalue weighted by Gasteiger charge is -2.28. The molecular weight excluding hydrogens is 248 g/mol. The fraction of sp³-hybridized carbons (Fsp3) is 0.143. The summed E-state index contributed by atoms with van der Waals surface area (Å²) in [5.74, 6) is -2.26. The Balaban J connectivity index is 2.11. The highest BCUT2D eigenvalue weighted by molar-refractivity contribution is 6.11. The van der Waals surface area contributed by atoms with Crippen molar-refractivity contribution >= 4 is 11.8 Å². The Morgan fingerprint density at radius 1 is 1.16 bits per heavy atom. The lowest BCUT2D eigenvalue weighted by Crippen LogP contribution is -2.36. The summed E-state index contributed by atoms with van der Waals surface area (Å²) < 4.78 is 10.8. The number of carbonyl (C=O) groups is 2. The van der Waals surface area contributed by atoms with Gasteiger partial charge in [-0.3, -0.25) is 9.59 Å². The van der Waals surface area contributed by atoms with Gasteiger partial charge in [-0.15, -0.1) is 0 Å². The van der Waals surface area contributed by atoms with E-state index in [-0.39, 0.29) is 5.56 Å². The van der Waals surface area contributed by atoms with Crippen LogP contribution in [-0.4, -0.2) is 16.9 Å². The fourth-order valence-electron chi connectivity index (χ4n) is 2.20. The van der Waals surface area contributed by atoms with Gasteiger partial charge in [0.05, 0.1) is 11.8 Å². The van der Waals surface area contributed by atoms with Crippen LogP contribution >= 0.6 is 0 Å². The highest BCUT2D eigenvalue weighted by Gasteiger charge is 2.44. The van der Waals surface area contributed by atoms with Gasteiger partial charge >= 0.3 is 5.97 Å². The van der Waals surface area contributed by atoms with E-state index in [4.69, 9.17) is 9.15 Å². The molecule has 0 radical (unpaired) electrons. The first kappa shape index (κ1) is 11.5. The van der Waals surface area contributed by atoms with Crippen molar-refractivity contribution in [2.24, 2.45) is 5.92 Å². The second-order valence-corrected chi connectivity index (χ2v) is 4.23. The van der Waals surface area contributed by atoms with E-state index in [9.17, 15) is 14.7 Å². The number of para-hydroxylation sites is 1. The lowest BCUT2D eigenvalue weighted by molar-refractivity contribution is -0.143. The van der Waals surface area contributed by atoms with Crippen LogP contribution in [0.15, 0.2) is 47.1 Å². The second-order valence-electron chi connectivity index (χ2n) is 4.23. The second kappa shape index (κ2) is 4.28. The predicted molar refractivity (Wildman–Crippen MR) is 64.0 cm³/mol. The van der Waals surface area contributed by atoms with E-state index in [1.165, 1.54) is 6.26 Å². The van der Waals surface area contributed by atoms with E-state index in [2.05, 4.69) is 0 Å². The number of hydrogen-bond donors (Lipinski definition) is 1. The third-order valence-electron chi connectivity index (χ3n) is 3.08. The van der Waals surface area contributed by atoms with Gasteiger partial charge in [-0.25, -0.2) is 0 Å². The number of ketones is 1. The molecule has 1 aromatic heterocycles. The molecule has 1 aliphatic rings. The molecule has 0 aliphatic carbocycles. The third-order valence-corrected chi connectivity index (χ3v) is 3.08. The van der Waals surface area contributed by atoms with Crippen molar-refractivity contribution in [1.29, 1.82) is 0 Å². The van der Waals surface area contributed by atoms with Crippen LogP contribution in [0.3, 0.4) is 0 Å². The van der Waals surface area contributed by atoms with E-state index in [0.717, 1.165) is 0 Å². The summed E-state index contributed by atoms with van der Waals surface area (Å²) in [5, 5.41) is 9.26. The SMILES string of the molecule is O=C(O)C1C(=O)c2ccccc2OC1c1ccco1. The first-order chi connectivity index (χ1) is 9.18. The van der Waals surface area contributed by atoms with Crippen LogP contribution in [0.4, 0.5) is 0 Å². The normalized spacial score (nSPS) is 21.6. The third kappa shape index (κ3) is 1.79. The Bertz CT molecular complexity index is 629. The van der Waals surface area contributed by atoms with Gasteiger partial charge in [0, 0.05) is 0 Å². The Labute approximate surface area is 108 Å². The molecule has 2 heterocycles. The molecule has 0 saturated heterocycles. The molecule has 5 heteroatoms. The molecule has 2 atom stereocenters. The number of fused-ring (bicyclic) bond motifs is 1. The maximum atomic E-state index is 12.3. The highest BCUT2D eigenvalue weighted by atomic mass is 16.5. The molecule has 96 valence electrons. The molecule has 0 fully saturated rings. The minimum atomic E-state index is -1.29. The molecular formula is C14H10O5. The molecule has 5 nitrogen and oxygen atoms in total. The van der Waals surface area contributed by atoms with Gasteiger partial charge in [0.2, 0.25) is 0 Å². The Hall–Kier alpha value is -2.56. The average Bonchev–Trinajstić information content (AvgIpc) is 2.92. The van der Waals surface area contributed by atoms with Gasteiger partial charge in [0.15, 0.2) is 17.8 Å². The van der Waals surface area contributed by atoms with Crippen LogP contribution in [0.25, 0.3) is 0 Å². The first-order valence-electron chi connectivity index (χ1n) is 5.74. The smallest absolute Gasteiger partial charge is 0.318 e. The Morgan fingerprint density at radius 2 is 1.95 bits per heavy atom. The molecule has 2 unspecified atom stereocenters. The molecule has 1 aliphatic heterocycles. The number of benzene rings is 1. The zero-order chi connectivity index (χ0) is 13.4. The quantitative estimate of drug-likeness (QED) is 0.836. The number of carboxylic acids is 1. The highest BCUT2D eigenvalue weighted by Crippen LogP contribution is 2.38. The van der Waals surface area contributed by atoms with E-state index in [1.807, 2.05) is 0 Å². The first-order valence-corrected chi connectivity index (χ1v) is 5.74. The maximum Gasteiger partial charge on any atom is 0.318 e. The van der Waals surface area contributed by atoms with E-state index >= 15 is 0 Å². The number of Topliss-reactive ketones (excluding diaryl/α,β-unsaturated/α-hetero) is 1. The average molecular weight is 258 g/mol. The summed E-state index contributed by atoms with van der Waals surface area (Å²) in [4.78, 5) is 23.6. The summed E-state index contributed by atoms with van der Waals surface area (Å²) in [6.45, 7) is 0.